The fourth-order valence-corrected chi connectivity index (χ4v) is 1.70. The predicted molar refractivity (Wildman–Crippen MR) is 79.5 cm³/mol. The number of carbonyl (C=O) groups excluding carboxylic acids is 2. The molecule has 0 aromatic heterocycles. The van der Waals surface area contributed by atoms with Crippen LogP contribution in [-0.4, -0.2) is 31.6 Å². The molecule has 0 aliphatic rings. The van der Waals surface area contributed by atoms with Gasteiger partial charge in [0.15, 0.2) is 0 Å². The summed E-state index contributed by atoms with van der Waals surface area (Å²) in [5.41, 5.74) is 0.966. The Bertz CT molecular complexity index is 433. The average molecular weight is 293 g/mol. The maximum Gasteiger partial charge on any atom is 0.310 e. The molecule has 1 aromatic carbocycles. The fourth-order valence-electron chi connectivity index (χ4n) is 1.70. The molecular formula is C16H23NO4. The minimum Gasteiger partial charge on any atom is -0.466 e. The first kappa shape index (κ1) is 17.2. The molecule has 1 N–H and O–H groups in total. The SMILES string of the molecule is CCOC(=O)CCNCC(C)C(=O)OCc1ccccc1. The molecule has 0 bridgehead atoms. The molecule has 5 nitrogen and oxygen atoms in total. The maximum absolute atomic E-state index is 11.8. The predicted octanol–water partition coefficient (Wildman–Crippen LogP) is 1.91. The molecule has 1 atom stereocenters. The van der Waals surface area contributed by atoms with E-state index >= 15 is 0 Å². The Morgan fingerprint density at radius 1 is 1.19 bits per heavy atom. The number of ether oxygens (including phenoxy) is 2. The van der Waals surface area contributed by atoms with Gasteiger partial charge in [0.1, 0.15) is 6.61 Å². The van der Waals surface area contributed by atoms with Crippen LogP contribution in [0.25, 0.3) is 0 Å². The van der Waals surface area contributed by atoms with Gasteiger partial charge in [-0.25, -0.2) is 0 Å². The van der Waals surface area contributed by atoms with Gasteiger partial charge in [-0.1, -0.05) is 37.3 Å². The molecule has 0 aliphatic carbocycles. The van der Waals surface area contributed by atoms with Crippen LogP contribution in [0, 0.1) is 5.92 Å². The summed E-state index contributed by atoms with van der Waals surface area (Å²) in [5.74, 6) is -0.734. The minimum atomic E-state index is -0.254. The molecule has 5 heteroatoms. The van der Waals surface area contributed by atoms with Gasteiger partial charge in [0.2, 0.25) is 0 Å². The van der Waals surface area contributed by atoms with Crippen molar-refractivity contribution in [1.29, 1.82) is 0 Å². The molecule has 0 saturated carbocycles. The second-order valence-corrected chi connectivity index (χ2v) is 4.75. The van der Waals surface area contributed by atoms with E-state index in [-0.39, 0.29) is 24.5 Å². The zero-order valence-electron chi connectivity index (χ0n) is 12.6. The van der Waals surface area contributed by atoms with Gasteiger partial charge in [-0.2, -0.15) is 0 Å². The van der Waals surface area contributed by atoms with Crippen LogP contribution in [-0.2, 0) is 25.7 Å². The van der Waals surface area contributed by atoms with Gasteiger partial charge in [-0.05, 0) is 12.5 Å². The first-order chi connectivity index (χ1) is 10.1. The van der Waals surface area contributed by atoms with E-state index in [0.29, 0.717) is 26.1 Å². The lowest BCUT2D eigenvalue weighted by atomic mass is 10.2. The van der Waals surface area contributed by atoms with Crippen molar-refractivity contribution in [3.8, 4) is 0 Å². The zero-order chi connectivity index (χ0) is 15.5. The first-order valence-corrected chi connectivity index (χ1v) is 7.20. The van der Waals surface area contributed by atoms with Crippen molar-refractivity contribution < 1.29 is 19.1 Å². The second-order valence-electron chi connectivity index (χ2n) is 4.75. The number of carbonyl (C=O) groups is 2. The van der Waals surface area contributed by atoms with Crippen molar-refractivity contribution in [2.45, 2.75) is 26.9 Å². The summed E-state index contributed by atoms with van der Waals surface area (Å²) in [5, 5.41) is 3.05. The highest BCUT2D eigenvalue weighted by Crippen LogP contribution is 2.04. The van der Waals surface area contributed by atoms with Gasteiger partial charge in [0.25, 0.3) is 0 Å². The molecule has 1 unspecified atom stereocenters. The van der Waals surface area contributed by atoms with Crippen molar-refractivity contribution in [3.63, 3.8) is 0 Å². The summed E-state index contributed by atoms with van der Waals surface area (Å²) < 4.78 is 10.0. The number of esters is 2. The third-order valence-electron chi connectivity index (χ3n) is 2.89. The summed E-state index contributed by atoms with van der Waals surface area (Å²) in [6.45, 7) is 5.22. The molecule has 1 aromatic rings. The summed E-state index contributed by atoms with van der Waals surface area (Å²) in [6.07, 6.45) is 0.305. The molecular weight excluding hydrogens is 270 g/mol. The van der Waals surface area contributed by atoms with Crippen LogP contribution in [0.1, 0.15) is 25.8 Å². The van der Waals surface area contributed by atoms with E-state index in [9.17, 15) is 9.59 Å². The highest BCUT2D eigenvalue weighted by atomic mass is 16.5. The Labute approximate surface area is 125 Å². The number of nitrogens with one attached hydrogen (secondary N) is 1. The van der Waals surface area contributed by atoms with Crippen LogP contribution < -0.4 is 5.32 Å². The molecule has 0 aliphatic heterocycles. The number of hydrogen-bond acceptors (Lipinski definition) is 5. The molecule has 1 rings (SSSR count). The van der Waals surface area contributed by atoms with E-state index in [0.717, 1.165) is 5.56 Å². The third-order valence-corrected chi connectivity index (χ3v) is 2.89. The van der Waals surface area contributed by atoms with Crippen LogP contribution >= 0.6 is 0 Å². The molecule has 116 valence electrons. The Balaban J connectivity index is 2.15. The lowest BCUT2D eigenvalue weighted by Gasteiger charge is -2.12. The standard InChI is InChI=1S/C16H23NO4/c1-3-20-15(18)9-10-17-11-13(2)16(19)21-12-14-7-5-4-6-8-14/h4-8,13,17H,3,9-12H2,1-2H3. The Hall–Kier alpha value is -1.88. The van der Waals surface area contributed by atoms with E-state index in [4.69, 9.17) is 9.47 Å². The number of hydrogen-bond donors (Lipinski definition) is 1. The van der Waals surface area contributed by atoms with Crippen LogP contribution in [0.4, 0.5) is 0 Å². The number of benzene rings is 1. The van der Waals surface area contributed by atoms with Gasteiger partial charge in [-0.15, -0.1) is 0 Å². The first-order valence-electron chi connectivity index (χ1n) is 7.20. The summed E-state index contributed by atoms with van der Waals surface area (Å²) in [4.78, 5) is 22.9. The van der Waals surface area contributed by atoms with E-state index in [1.165, 1.54) is 0 Å². The zero-order valence-corrected chi connectivity index (χ0v) is 12.6. The Kier molecular flexibility index (Phi) is 8.12. The molecule has 21 heavy (non-hydrogen) atoms. The normalized spacial score (nSPS) is 11.7. The lowest BCUT2D eigenvalue weighted by Crippen LogP contribution is -2.29. The smallest absolute Gasteiger partial charge is 0.310 e. The fraction of sp³-hybridized carbons (Fsp3) is 0.500. The quantitative estimate of drug-likeness (QED) is 0.556. The van der Waals surface area contributed by atoms with Crippen molar-refractivity contribution in [1.82, 2.24) is 5.32 Å². The van der Waals surface area contributed by atoms with Crippen LogP contribution in [0.3, 0.4) is 0 Å². The summed E-state index contributed by atoms with van der Waals surface area (Å²) in [6, 6.07) is 9.56. The minimum absolute atomic E-state index is 0.232. The Morgan fingerprint density at radius 3 is 2.57 bits per heavy atom. The summed E-state index contributed by atoms with van der Waals surface area (Å²) >= 11 is 0. The molecule has 0 fully saturated rings. The molecule has 0 spiro atoms. The van der Waals surface area contributed by atoms with Crippen molar-refractivity contribution in [2.75, 3.05) is 19.7 Å². The van der Waals surface area contributed by atoms with Crippen LogP contribution in [0.15, 0.2) is 30.3 Å². The van der Waals surface area contributed by atoms with Gasteiger partial charge in [-0.3, -0.25) is 9.59 Å². The lowest BCUT2D eigenvalue weighted by molar-refractivity contribution is -0.149. The molecule has 0 heterocycles. The highest BCUT2D eigenvalue weighted by molar-refractivity contribution is 5.72. The monoisotopic (exact) mass is 293 g/mol. The molecule has 0 saturated heterocycles. The molecule has 0 radical (unpaired) electrons. The van der Waals surface area contributed by atoms with E-state index in [1.807, 2.05) is 30.3 Å². The van der Waals surface area contributed by atoms with Gasteiger partial charge in [0, 0.05) is 13.1 Å². The Morgan fingerprint density at radius 2 is 1.90 bits per heavy atom. The summed E-state index contributed by atoms with van der Waals surface area (Å²) in [7, 11) is 0. The van der Waals surface area contributed by atoms with E-state index in [2.05, 4.69) is 5.32 Å². The van der Waals surface area contributed by atoms with Crippen LogP contribution in [0.2, 0.25) is 0 Å². The van der Waals surface area contributed by atoms with Crippen molar-refractivity contribution in [2.24, 2.45) is 5.92 Å². The average Bonchev–Trinajstić information content (AvgIpc) is 2.50. The van der Waals surface area contributed by atoms with E-state index in [1.54, 1.807) is 13.8 Å². The number of rotatable bonds is 9. The van der Waals surface area contributed by atoms with Gasteiger partial charge >= 0.3 is 11.9 Å². The van der Waals surface area contributed by atoms with Crippen LogP contribution in [0.5, 0.6) is 0 Å². The van der Waals surface area contributed by atoms with Crippen molar-refractivity contribution >= 4 is 11.9 Å². The third kappa shape index (κ3) is 7.46. The molecule has 0 amide bonds. The second kappa shape index (κ2) is 9.94. The van der Waals surface area contributed by atoms with Crippen molar-refractivity contribution in [3.05, 3.63) is 35.9 Å². The van der Waals surface area contributed by atoms with Gasteiger partial charge < -0.3 is 14.8 Å². The van der Waals surface area contributed by atoms with Gasteiger partial charge in [0.05, 0.1) is 18.9 Å². The van der Waals surface area contributed by atoms with E-state index < -0.39 is 0 Å². The highest BCUT2D eigenvalue weighted by Gasteiger charge is 2.14. The largest absolute Gasteiger partial charge is 0.466 e. The maximum atomic E-state index is 11.8. The topological polar surface area (TPSA) is 64.6 Å².